The number of nitrogens with zero attached hydrogens (tertiary/aromatic N) is 8. The van der Waals surface area contributed by atoms with Crippen molar-refractivity contribution in [1.82, 2.24) is 34.3 Å². The maximum Gasteiger partial charge on any atom is 0.225 e. The van der Waals surface area contributed by atoms with Crippen LogP contribution in [-0.4, -0.2) is 96.5 Å². The average Bonchev–Trinajstić information content (AvgIpc) is 3.71. The highest BCUT2D eigenvalue weighted by atomic mass is 16.5. The Bertz CT molecular complexity index is 1510. The first-order valence-corrected chi connectivity index (χ1v) is 12.5. The number of piperazine rings is 1. The first kappa shape index (κ1) is 24.2. The number of aromatic nitrogens is 6. The van der Waals surface area contributed by atoms with Crippen LogP contribution in [0.15, 0.2) is 53.3 Å². The number of furan rings is 1. The van der Waals surface area contributed by atoms with E-state index in [0.29, 0.717) is 35.2 Å². The van der Waals surface area contributed by atoms with E-state index in [4.69, 9.17) is 20.0 Å². The molecule has 1 aliphatic rings. The molecule has 0 aliphatic carbocycles. The molecule has 0 bridgehead atoms. The summed E-state index contributed by atoms with van der Waals surface area (Å²) in [5.41, 5.74) is 8.61. The minimum absolute atomic E-state index is 0.0675. The van der Waals surface area contributed by atoms with Crippen molar-refractivity contribution in [1.29, 1.82) is 0 Å². The molecule has 0 amide bonds. The van der Waals surface area contributed by atoms with Gasteiger partial charge in [0.25, 0.3) is 0 Å². The van der Waals surface area contributed by atoms with Crippen LogP contribution >= 0.6 is 0 Å². The summed E-state index contributed by atoms with van der Waals surface area (Å²) in [4.78, 5) is 13.9. The van der Waals surface area contributed by atoms with Crippen LogP contribution in [0.3, 0.4) is 0 Å². The fraction of sp³-hybridized carbons (Fsp3) is 0.360. The summed E-state index contributed by atoms with van der Waals surface area (Å²) < 4.78 is 14.3. The Morgan fingerprint density at radius 1 is 1.03 bits per heavy atom. The van der Waals surface area contributed by atoms with E-state index in [1.807, 2.05) is 28.9 Å². The maximum absolute atomic E-state index is 9.43. The van der Waals surface area contributed by atoms with Crippen molar-refractivity contribution < 1.29 is 19.4 Å². The average molecular weight is 520 g/mol. The normalized spacial score (nSPS) is 15.5. The van der Waals surface area contributed by atoms with Crippen LogP contribution in [0, 0.1) is 0 Å². The molecule has 6 rings (SSSR count). The second-order valence-electron chi connectivity index (χ2n) is 9.19. The number of aliphatic hydroxyl groups excluding tert-OH is 2. The molecule has 1 saturated heterocycles. The molecule has 1 fully saturated rings. The number of hydrogen-bond donors (Lipinski definition) is 3. The van der Waals surface area contributed by atoms with Crippen molar-refractivity contribution in [3.63, 3.8) is 0 Å². The van der Waals surface area contributed by atoms with E-state index >= 15 is 0 Å². The van der Waals surface area contributed by atoms with Gasteiger partial charge in [0.05, 0.1) is 31.0 Å². The predicted molar refractivity (Wildman–Crippen MR) is 140 cm³/mol. The third kappa shape index (κ3) is 4.74. The smallest absolute Gasteiger partial charge is 0.225 e. The van der Waals surface area contributed by atoms with Gasteiger partial charge in [-0.1, -0.05) is 0 Å². The summed E-state index contributed by atoms with van der Waals surface area (Å²) in [7, 11) is 0. The molecule has 1 atom stereocenters. The number of ether oxygens (including phenoxy) is 1. The summed E-state index contributed by atoms with van der Waals surface area (Å²) in [6, 6.07) is 11.4. The van der Waals surface area contributed by atoms with Crippen molar-refractivity contribution in [2.45, 2.75) is 12.6 Å². The van der Waals surface area contributed by atoms with E-state index in [0.717, 1.165) is 43.8 Å². The Morgan fingerprint density at radius 3 is 2.58 bits per heavy atom. The van der Waals surface area contributed by atoms with Gasteiger partial charge in [-0.3, -0.25) is 4.90 Å². The lowest BCUT2D eigenvalue weighted by molar-refractivity contribution is 0.0536. The van der Waals surface area contributed by atoms with Gasteiger partial charge in [-0.2, -0.15) is 14.6 Å². The van der Waals surface area contributed by atoms with Crippen LogP contribution < -0.4 is 15.4 Å². The first-order valence-electron chi connectivity index (χ1n) is 12.5. The number of rotatable bonds is 9. The van der Waals surface area contributed by atoms with E-state index in [-0.39, 0.29) is 19.2 Å². The number of anilines is 2. The lowest BCUT2D eigenvalue weighted by Crippen LogP contribution is -2.47. The predicted octanol–water partition coefficient (Wildman–Crippen LogP) is 0.870. The van der Waals surface area contributed by atoms with E-state index in [1.54, 1.807) is 24.6 Å². The molecule has 38 heavy (non-hydrogen) atoms. The monoisotopic (exact) mass is 519 g/mol. The number of fused-ring (bicyclic) bond motifs is 3. The molecule has 5 aromatic rings. The van der Waals surface area contributed by atoms with Crippen molar-refractivity contribution in [2.75, 3.05) is 56.6 Å². The first-order chi connectivity index (χ1) is 18.6. The molecule has 13 heteroatoms. The lowest BCUT2D eigenvalue weighted by atomic mass is 10.2. The molecule has 1 aliphatic heterocycles. The molecule has 1 unspecified atom stereocenters. The Morgan fingerprint density at radius 2 is 1.84 bits per heavy atom. The molecular formula is C25H29N9O4. The van der Waals surface area contributed by atoms with Crippen molar-refractivity contribution >= 4 is 28.3 Å². The molecule has 13 nitrogen and oxygen atoms in total. The maximum atomic E-state index is 9.43. The Labute approximate surface area is 217 Å². The van der Waals surface area contributed by atoms with Gasteiger partial charge in [-0.15, -0.1) is 5.10 Å². The second-order valence-corrected chi connectivity index (χ2v) is 9.19. The highest BCUT2D eigenvalue weighted by molar-refractivity contribution is 5.90. The zero-order valence-electron chi connectivity index (χ0n) is 20.7. The van der Waals surface area contributed by atoms with Gasteiger partial charge in [-0.05, 0) is 36.4 Å². The Kier molecular flexibility index (Phi) is 6.54. The third-order valence-electron chi connectivity index (χ3n) is 6.69. The highest BCUT2D eigenvalue weighted by Crippen LogP contribution is 2.24. The van der Waals surface area contributed by atoms with Gasteiger partial charge in [0.1, 0.15) is 18.5 Å². The number of nitrogen functional groups attached to an aromatic ring is 1. The topological polar surface area (TPSA) is 156 Å². The molecule has 4 aromatic heterocycles. The van der Waals surface area contributed by atoms with E-state index < -0.39 is 6.10 Å². The highest BCUT2D eigenvalue weighted by Gasteiger charge is 2.20. The minimum atomic E-state index is -0.875. The van der Waals surface area contributed by atoms with Gasteiger partial charge in [0.2, 0.25) is 11.8 Å². The molecule has 198 valence electrons. The van der Waals surface area contributed by atoms with Crippen molar-refractivity contribution in [3.05, 3.63) is 48.9 Å². The lowest BCUT2D eigenvalue weighted by Gasteiger charge is -2.36. The minimum Gasteiger partial charge on any atom is -0.491 e. The van der Waals surface area contributed by atoms with Crippen LogP contribution in [0.1, 0.15) is 0 Å². The van der Waals surface area contributed by atoms with Crippen LogP contribution in [0.2, 0.25) is 0 Å². The zero-order valence-corrected chi connectivity index (χ0v) is 20.7. The molecule has 4 N–H and O–H groups in total. The van der Waals surface area contributed by atoms with Crippen LogP contribution in [0.25, 0.3) is 28.3 Å². The fourth-order valence-corrected chi connectivity index (χ4v) is 4.59. The largest absolute Gasteiger partial charge is 0.491 e. The summed E-state index contributed by atoms with van der Waals surface area (Å²) in [5, 5.41) is 28.1. The summed E-state index contributed by atoms with van der Waals surface area (Å²) in [6.07, 6.45) is 2.46. The Balaban J connectivity index is 1.07. The molecule has 0 saturated carbocycles. The van der Waals surface area contributed by atoms with Gasteiger partial charge >= 0.3 is 0 Å². The number of aliphatic hydroxyl groups is 2. The second kappa shape index (κ2) is 10.3. The summed E-state index contributed by atoms with van der Waals surface area (Å²) in [5.74, 6) is 1.93. The van der Waals surface area contributed by atoms with Gasteiger partial charge in [0.15, 0.2) is 17.1 Å². The number of hydrogen-bond acceptors (Lipinski definition) is 11. The summed E-state index contributed by atoms with van der Waals surface area (Å²) >= 11 is 0. The van der Waals surface area contributed by atoms with Crippen molar-refractivity contribution in [2.24, 2.45) is 0 Å². The van der Waals surface area contributed by atoms with Gasteiger partial charge in [-0.25, -0.2) is 9.67 Å². The van der Waals surface area contributed by atoms with Crippen LogP contribution in [0.4, 0.5) is 11.6 Å². The van der Waals surface area contributed by atoms with E-state index in [9.17, 15) is 5.11 Å². The molecule has 1 aromatic carbocycles. The van der Waals surface area contributed by atoms with Crippen LogP contribution in [0.5, 0.6) is 5.75 Å². The molecule has 5 heterocycles. The molecule has 0 radical (unpaired) electrons. The molecule has 0 spiro atoms. The zero-order chi connectivity index (χ0) is 26.1. The van der Waals surface area contributed by atoms with Crippen molar-refractivity contribution in [3.8, 4) is 17.3 Å². The van der Waals surface area contributed by atoms with Gasteiger partial charge < -0.3 is 30.0 Å². The van der Waals surface area contributed by atoms with Gasteiger partial charge in [0, 0.05) is 38.4 Å². The third-order valence-corrected chi connectivity index (χ3v) is 6.69. The van der Waals surface area contributed by atoms with E-state index in [2.05, 4.69) is 30.0 Å². The SMILES string of the molecule is Nc1nc2c(cnn2CCN2CCN(c3ccc(OCC(O)CO)cc3)CC2)c2nc(-c3ccco3)nn12. The quantitative estimate of drug-likeness (QED) is 0.254. The Hall–Kier alpha value is -4.20. The van der Waals surface area contributed by atoms with E-state index in [1.165, 1.54) is 4.52 Å². The summed E-state index contributed by atoms with van der Waals surface area (Å²) in [6.45, 7) is 4.93. The van der Waals surface area contributed by atoms with Crippen LogP contribution in [-0.2, 0) is 6.54 Å². The standard InChI is InChI=1S/C25H29N9O4/c26-25-29-23-20(24-28-22(30-34(24)25)21-2-1-13-37-21)14-27-33(23)12-9-31-7-10-32(11-8-31)17-3-5-19(6-4-17)38-16-18(36)15-35/h1-6,13-14,18,35-36H,7-12,15-16H2,(H2,26,29). The molecular weight excluding hydrogens is 490 g/mol. The number of benzene rings is 1. The fourth-order valence-electron chi connectivity index (χ4n) is 4.59. The number of nitrogens with two attached hydrogens (primary N) is 1.